The van der Waals surface area contributed by atoms with E-state index in [2.05, 4.69) is 4.98 Å². The zero-order valence-electron chi connectivity index (χ0n) is 10.2. The largest absolute Gasteiger partial charge is 0.393 e. The van der Waals surface area contributed by atoms with Crippen LogP contribution in [0.1, 0.15) is 31.7 Å². The van der Waals surface area contributed by atoms with Gasteiger partial charge in [0, 0.05) is 12.1 Å². The van der Waals surface area contributed by atoms with Crippen LogP contribution in [0.25, 0.3) is 11.0 Å². The molecule has 0 spiro atoms. The van der Waals surface area contributed by atoms with E-state index in [1.807, 2.05) is 0 Å². The lowest BCUT2D eigenvalue weighted by molar-refractivity contribution is 0.111. The lowest BCUT2D eigenvalue weighted by Crippen LogP contribution is -2.21. The van der Waals surface area contributed by atoms with Crippen molar-refractivity contribution >= 4 is 23.3 Å². The molecule has 1 aromatic carbocycles. The highest BCUT2D eigenvalue weighted by molar-refractivity contribution is 7.71. The molecule has 1 aliphatic carbocycles. The van der Waals surface area contributed by atoms with E-state index in [1.54, 1.807) is 4.57 Å². The molecule has 1 fully saturated rings. The van der Waals surface area contributed by atoms with Crippen LogP contribution in [0.2, 0.25) is 0 Å². The minimum atomic E-state index is -0.629. The molecule has 0 atom stereocenters. The van der Waals surface area contributed by atoms with Gasteiger partial charge in [0.25, 0.3) is 0 Å². The maximum Gasteiger partial charge on any atom is 0.178 e. The Kier molecular flexibility index (Phi) is 3.14. The van der Waals surface area contributed by atoms with E-state index in [-0.39, 0.29) is 17.7 Å². The van der Waals surface area contributed by atoms with Crippen LogP contribution in [0.15, 0.2) is 12.1 Å². The fourth-order valence-electron chi connectivity index (χ4n) is 2.83. The molecule has 2 N–H and O–H groups in total. The van der Waals surface area contributed by atoms with Crippen molar-refractivity contribution in [1.29, 1.82) is 0 Å². The van der Waals surface area contributed by atoms with Gasteiger partial charge in [-0.05, 0) is 44.0 Å². The number of hydrogen-bond donors (Lipinski definition) is 2. The van der Waals surface area contributed by atoms with Crippen LogP contribution < -0.4 is 0 Å². The monoisotopic (exact) mass is 284 g/mol. The first-order valence-electron chi connectivity index (χ1n) is 6.33. The third-order valence-electron chi connectivity index (χ3n) is 3.78. The van der Waals surface area contributed by atoms with Crippen molar-refractivity contribution in [2.75, 3.05) is 0 Å². The summed E-state index contributed by atoms with van der Waals surface area (Å²) in [4.78, 5) is 2.80. The molecular formula is C13H14F2N2OS. The number of aliphatic hydroxyl groups excluding tert-OH is 1. The van der Waals surface area contributed by atoms with E-state index >= 15 is 0 Å². The number of benzene rings is 1. The first-order valence-corrected chi connectivity index (χ1v) is 6.74. The summed E-state index contributed by atoms with van der Waals surface area (Å²) in [6.07, 6.45) is 2.64. The predicted octanol–water partition coefficient (Wildman–Crippen LogP) is 3.45. The molecule has 0 aliphatic heterocycles. The zero-order valence-corrected chi connectivity index (χ0v) is 11.0. The van der Waals surface area contributed by atoms with Gasteiger partial charge in [-0.25, -0.2) is 8.78 Å². The normalized spacial score (nSPS) is 23.9. The van der Waals surface area contributed by atoms with Crippen molar-refractivity contribution in [3.63, 3.8) is 0 Å². The molecular weight excluding hydrogens is 270 g/mol. The van der Waals surface area contributed by atoms with Crippen LogP contribution in [0.5, 0.6) is 0 Å². The van der Waals surface area contributed by atoms with Gasteiger partial charge < -0.3 is 14.7 Å². The summed E-state index contributed by atoms with van der Waals surface area (Å²) in [6.45, 7) is 0. The fourth-order valence-corrected chi connectivity index (χ4v) is 3.18. The second-order valence-corrected chi connectivity index (χ2v) is 5.43. The van der Waals surface area contributed by atoms with Gasteiger partial charge in [-0.3, -0.25) is 0 Å². The molecule has 3 nitrogen and oxygen atoms in total. The highest BCUT2D eigenvalue weighted by Gasteiger charge is 2.23. The van der Waals surface area contributed by atoms with Gasteiger partial charge in [-0.15, -0.1) is 0 Å². The van der Waals surface area contributed by atoms with E-state index in [0.717, 1.165) is 18.9 Å². The summed E-state index contributed by atoms with van der Waals surface area (Å²) >= 11 is 5.22. The summed E-state index contributed by atoms with van der Waals surface area (Å²) < 4.78 is 29.3. The number of nitrogens with one attached hydrogen (secondary N) is 1. The second kappa shape index (κ2) is 4.68. The number of nitrogens with zero attached hydrogens (tertiary/aromatic N) is 1. The third-order valence-corrected chi connectivity index (χ3v) is 4.07. The fraction of sp³-hybridized carbons (Fsp3) is 0.462. The molecule has 1 aliphatic rings. The van der Waals surface area contributed by atoms with Crippen LogP contribution in [-0.4, -0.2) is 20.8 Å². The summed E-state index contributed by atoms with van der Waals surface area (Å²) in [7, 11) is 0. The summed E-state index contributed by atoms with van der Waals surface area (Å²) in [5.74, 6) is -1.24. The standard InChI is InChI=1S/C13H14F2N2OS/c14-7-5-10(15)12-11(6-7)17(13(19)16-12)8-1-3-9(18)4-2-8/h5-6,8-9,18H,1-4H2,(H,16,19). The minimum Gasteiger partial charge on any atom is -0.393 e. The molecule has 1 aromatic heterocycles. The van der Waals surface area contributed by atoms with Gasteiger partial charge in [-0.1, -0.05) is 0 Å². The number of aromatic amines is 1. The SMILES string of the molecule is OC1CCC(n2c(=S)[nH]c3c(F)cc(F)cc32)CC1. The van der Waals surface area contributed by atoms with Crippen molar-refractivity contribution in [1.82, 2.24) is 9.55 Å². The average Bonchev–Trinajstić information content (AvgIpc) is 2.67. The van der Waals surface area contributed by atoms with E-state index in [0.29, 0.717) is 23.1 Å². The van der Waals surface area contributed by atoms with Gasteiger partial charge in [0.05, 0.1) is 11.6 Å². The van der Waals surface area contributed by atoms with Crippen molar-refractivity contribution in [3.8, 4) is 0 Å². The summed E-state index contributed by atoms with van der Waals surface area (Å²) in [5.41, 5.74) is 0.710. The van der Waals surface area contributed by atoms with E-state index in [1.165, 1.54) is 6.07 Å². The van der Waals surface area contributed by atoms with Gasteiger partial charge in [0.1, 0.15) is 11.3 Å². The highest BCUT2D eigenvalue weighted by Crippen LogP contribution is 2.32. The van der Waals surface area contributed by atoms with Crippen LogP contribution in [-0.2, 0) is 0 Å². The number of H-pyrrole nitrogens is 1. The number of halogens is 2. The van der Waals surface area contributed by atoms with Crippen LogP contribution in [0.3, 0.4) is 0 Å². The molecule has 0 saturated heterocycles. The molecule has 102 valence electrons. The molecule has 1 saturated carbocycles. The number of hydrogen-bond acceptors (Lipinski definition) is 2. The van der Waals surface area contributed by atoms with Crippen molar-refractivity contribution in [2.45, 2.75) is 37.8 Å². The molecule has 0 bridgehead atoms. The Bertz CT molecular complexity index is 671. The molecule has 3 rings (SSSR count). The quantitative estimate of drug-likeness (QED) is 0.787. The average molecular weight is 284 g/mol. The Balaban J connectivity index is 2.13. The molecule has 19 heavy (non-hydrogen) atoms. The van der Waals surface area contributed by atoms with Crippen LogP contribution >= 0.6 is 12.2 Å². The summed E-state index contributed by atoms with van der Waals surface area (Å²) in [6, 6.07) is 2.24. The lowest BCUT2D eigenvalue weighted by Gasteiger charge is -2.26. The molecule has 1 heterocycles. The Hall–Kier alpha value is -1.27. The minimum absolute atomic E-state index is 0.0887. The maximum absolute atomic E-state index is 13.7. The third kappa shape index (κ3) is 2.19. The smallest absolute Gasteiger partial charge is 0.178 e. The topological polar surface area (TPSA) is 41.0 Å². The van der Waals surface area contributed by atoms with Crippen molar-refractivity contribution in [2.24, 2.45) is 0 Å². The van der Waals surface area contributed by atoms with Crippen LogP contribution in [0.4, 0.5) is 8.78 Å². The summed E-state index contributed by atoms with van der Waals surface area (Å²) in [5, 5.41) is 9.53. The second-order valence-electron chi connectivity index (χ2n) is 5.04. The van der Waals surface area contributed by atoms with Gasteiger partial charge in [-0.2, -0.15) is 0 Å². The first kappa shape index (κ1) is 12.7. The van der Waals surface area contributed by atoms with Crippen molar-refractivity contribution < 1.29 is 13.9 Å². The Morgan fingerprint density at radius 3 is 2.58 bits per heavy atom. The van der Waals surface area contributed by atoms with E-state index < -0.39 is 11.6 Å². The van der Waals surface area contributed by atoms with Gasteiger partial charge in [0.15, 0.2) is 10.6 Å². The Morgan fingerprint density at radius 1 is 1.21 bits per heavy atom. The van der Waals surface area contributed by atoms with Gasteiger partial charge >= 0.3 is 0 Å². The van der Waals surface area contributed by atoms with Crippen molar-refractivity contribution in [3.05, 3.63) is 28.5 Å². The highest BCUT2D eigenvalue weighted by atomic mass is 32.1. The van der Waals surface area contributed by atoms with E-state index in [4.69, 9.17) is 12.2 Å². The Morgan fingerprint density at radius 2 is 1.89 bits per heavy atom. The molecule has 0 unspecified atom stereocenters. The lowest BCUT2D eigenvalue weighted by atomic mass is 9.93. The number of fused-ring (bicyclic) bond motifs is 1. The number of imidazole rings is 1. The van der Waals surface area contributed by atoms with Gasteiger partial charge in [0.2, 0.25) is 0 Å². The molecule has 2 aromatic rings. The molecule has 6 heteroatoms. The molecule has 0 amide bonds. The zero-order chi connectivity index (χ0) is 13.6. The van der Waals surface area contributed by atoms with Crippen LogP contribution in [0, 0.1) is 16.4 Å². The maximum atomic E-state index is 13.7. The number of aliphatic hydroxyl groups is 1. The Labute approximate surface area is 113 Å². The number of aromatic nitrogens is 2. The first-order chi connectivity index (χ1) is 9.06. The predicted molar refractivity (Wildman–Crippen MR) is 70.6 cm³/mol. The van der Waals surface area contributed by atoms with E-state index in [9.17, 15) is 13.9 Å². The number of rotatable bonds is 1. The molecule has 0 radical (unpaired) electrons.